The lowest BCUT2D eigenvalue weighted by molar-refractivity contribution is 0.0765. The Bertz CT molecular complexity index is 203. The van der Waals surface area contributed by atoms with E-state index in [9.17, 15) is 0 Å². The van der Waals surface area contributed by atoms with Gasteiger partial charge in [0.2, 0.25) is 0 Å². The van der Waals surface area contributed by atoms with Crippen LogP contribution in [0.25, 0.3) is 0 Å². The van der Waals surface area contributed by atoms with Crippen molar-refractivity contribution in [3.63, 3.8) is 0 Å². The van der Waals surface area contributed by atoms with Gasteiger partial charge >= 0.3 is 0 Å². The van der Waals surface area contributed by atoms with Crippen LogP contribution < -0.4 is 5.32 Å². The van der Waals surface area contributed by atoms with Crippen LogP contribution in [0.2, 0.25) is 0 Å². The van der Waals surface area contributed by atoms with Crippen molar-refractivity contribution in [3.8, 4) is 0 Å². The molecule has 0 bridgehead atoms. The van der Waals surface area contributed by atoms with Crippen LogP contribution >= 0.6 is 0 Å². The molecule has 1 rings (SSSR count). The third-order valence-corrected chi connectivity index (χ3v) is 3.72. The molecule has 100 valence electrons. The Morgan fingerprint density at radius 2 is 1.88 bits per heavy atom. The molecule has 1 N–H and O–H groups in total. The summed E-state index contributed by atoms with van der Waals surface area (Å²) in [6, 6.07) is 0. The maximum absolute atomic E-state index is 5.80. The zero-order valence-electron chi connectivity index (χ0n) is 11.6. The van der Waals surface area contributed by atoms with Crippen LogP contribution in [0.4, 0.5) is 0 Å². The molecule has 0 aromatic rings. The maximum atomic E-state index is 5.80. The van der Waals surface area contributed by atoms with Crippen LogP contribution in [-0.2, 0) is 4.74 Å². The topological polar surface area (TPSA) is 21.3 Å². The number of nitrogens with one attached hydrogen (secondary N) is 1. The van der Waals surface area contributed by atoms with Crippen LogP contribution in [0.1, 0.15) is 45.4 Å². The van der Waals surface area contributed by atoms with Crippen molar-refractivity contribution in [1.82, 2.24) is 5.32 Å². The smallest absolute Gasteiger partial charge is 0.0499 e. The average Bonchev–Trinajstić information content (AvgIpc) is 2.35. The SMILES string of the molecule is CNCCCCCCOCC1CC=CCC1C. The fourth-order valence-electron chi connectivity index (χ4n) is 2.33. The van der Waals surface area contributed by atoms with E-state index in [0.717, 1.165) is 31.6 Å². The van der Waals surface area contributed by atoms with Gasteiger partial charge < -0.3 is 10.1 Å². The number of rotatable bonds is 9. The highest BCUT2D eigenvalue weighted by molar-refractivity contribution is 4.93. The molecule has 0 aromatic carbocycles. The van der Waals surface area contributed by atoms with Crippen LogP contribution in [0.3, 0.4) is 0 Å². The van der Waals surface area contributed by atoms with Crippen LogP contribution in [0, 0.1) is 11.8 Å². The van der Waals surface area contributed by atoms with Gasteiger partial charge in [0.05, 0.1) is 0 Å². The van der Waals surface area contributed by atoms with Gasteiger partial charge in [0, 0.05) is 13.2 Å². The first-order chi connectivity index (χ1) is 8.34. The highest BCUT2D eigenvalue weighted by Gasteiger charge is 2.17. The molecule has 1 aliphatic carbocycles. The van der Waals surface area contributed by atoms with Crippen molar-refractivity contribution < 1.29 is 4.74 Å². The van der Waals surface area contributed by atoms with Crippen LogP contribution in [0.5, 0.6) is 0 Å². The van der Waals surface area contributed by atoms with Gasteiger partial charge in [-0.05, 0) is 51.1 Å². The molecule has 17 heavy (non-hydrogen) atoms. The lowest BCUT2D eigenvalue weighted by atomic mass is 9.85. The summed E-state index contributed by atoms with van der Waals surface area (Å²) in [7, 11) is 2.02. The Labute approximate surface area is 107 Å². The molecule has 0 aromatic heterocycles. The second kappa shape index (κ2) is 9.67. The Balaban J connectivity index is 1.88. The van der Waals surface area contributed by atoms with E-state index >= 15 is 0 Å². The first-order valence-corrected chi connectivity index (χ1v) is 7.22. The van der Waals surface area contributed by atoms with Gasteiger partial charge in [-0.2, -0.15) is 0 Å². The fourth-order valence-corrected chi connectivity index (χ4v) is 2.33. The summed E-state index contributed by atoms with van der Waals surface area (Å²) >= 11 is 0. The highest BCUT2D eigenvalue weighted by Crippen LogP contribution is 2.25. The molecule has 0 heterocycles. The molecule has 0 aliphatic heterocycles. The lowest BCUT2D eigenvalue weighted by Crippen LogP contribution is -2.19. The summed E-state index contributed by atoms with van der Waals surface area (Å²) in [5.41, 5.74) is 0. The number of hydrogen-bond acceptors (Lipinski definition) is 2. The van der Waals surface area contributed by atoms with Crippen molar-refractivity contribution in [3.05, 3.63) is 12.2 Å². The summed E-state index contributed by atoms with van der Waals surface area (Å²) in [4.78, 5) is 0. The van der Waals surface area contributed by atoms with Gasteiger partial charge in [0.1, 0.15) is 0 Å². The van der Waals surface area contributed by atoms with E-state index in [4.69, 9.17) is 4.74 Å². The summed E-state index contributed by atoms with van der Waals surface area (Å²) in [5.74, 6) is 1.56. The highest BCUT2D eigenvalue weighted by atomic mass is 16.5. The quantitative estimate of drug-likeness (QED) is 0.492. The monoisotopic (exact) mass is 239 g/mol. The van der Waals surface area contributed by atoms with Gasteiger partial charge in [-0.15, -0.1) is 0 Å². The lowest BCUT2D eigenvalue weighted by Gasteiger charge is -2.24. The minimum absolute atomic E-state index is 0.754. The number of allylic oxidation sites excluding steroid dienone is 2. The van der Waals surface area contributed by atoms with Crippen molar-refractivity contribution in [2.24, 2.45) is 11.8 Å². The van der Waals surface area contributed by atoms with E-state index in [0.29, 0.717) is 0 Å². The van der Waals surface area contributed by atoms with Crippen LogP contribution in [-0.4, -0.2) is 26.8 Å². The Morgan fingerprint density at radius 1 is 1.12 bits per heavy atom. The molecule has 1 aliphatic rings. The molecule has 0 saturated heterocycles. The number of unbranched alkanes of at least 4 members (excludes halogenated alkanes) is 3. The molecule has 0 radical (unpaired) electrons. The maximum Gasteiger partial charge on any atom is 0.0499 e. The predicted molar refractivity (Wildman–Crippen MR) is 74.2 cm³/mol. The second-order valence-electron chi connectivity index (χ2n) is 5.27. The van der Waals surface area contributed by atoms with E-state index in [1.54, 1.807) is 0 Å². The molecule has 0 fully saturated rings. The number of hydrogen-bond donors (Lipinski definition) is 1. The standard InChI is InChI=1S/C15H29NO/c1-14-9-5-6-10-15(14)13-17-12-8-4-3-7-11-16-2/h5-6,14-16H,3-4,7-13H2,1-2H3. The zero-order chi connectivity index (χ0) is 12.3. The van der Waals surface area contributed by atoms with Gasteiger partial charge in [-0.25, -0.2) is 0 Å². The molecular weight excluding hydrogens is 210 g/mol. The third-order valence-electron chi connectivity index (χ3n) is 3.72. The summed E-state index contributed by atoms with van der Waals surface area (Å²) in [6.07, 6.45) is 12.2. The Kier molecular flexibility index (Phi) is 8.37. The molecule has 0 spiro atoms. The van der Waals surface area contributed by atoms with Gasteiger partial charge in [0.25, 0.3) is 0 Å². The summed E-state index contributed by atoms with van der Waals surface area (Å²) in [6.45, 7) is 5.40. The van der Waals surface area contributed by atoms with Crippen molar-refractivity contribution in [2.75, 3.05) is 26.8 Å². The van der Waals surface area contributed by atoms with Gasteiger partial charge in [-0.3, -0.25) is 0 Å². The van der Waals surface area contributed by atoms with E-state index in [2.05, 4.69) is 24.4 Å². The first kappa shape index (κ1) is 14.7. The Morgan fingerprint density at radius 3 is 2.65 bits per heavy atom. The first-order valence-electron chi connectivity index (χ1n) is 7.22. The zero-order valence-corrected chi connectivity index (χ0v) is 11.6. The van der Waals surface area contributed by atoms with E-state index in [1.807, 2.05) is 7.05 Å². The van der Waals surface area contributed by atoms with Crippen molar-refractivity contribution >= 4 is 0 Å². The van der Waals surface area contributed by atoms with E-state index in [1.165, 1.54) is 38.5 Å². The Hall–Kier alpha value is -0.340. The van der Waals surface area contributed by atoms with Gasteiger partial charge in [0.15, 0.2) is 0 Å². The molecule has 2 atom stereocenters. The van der Waals surface area contributed by atoms with E-state index in [-0.39, 0.29) is 0 Å². The second-order valence-corrected chi connectivity index (χ2v) is 5.27. The minimum Gasteiger partial charge on any atom is -0.381 e. The van der Waals surface area contributed by atoms with Gasteiger partial charge in [-0.1, -0.05) is 31.9 Å². The largest absolute Gasteiger partial charge is 0.381 e. The molecule has 0 amide bonds. The normalized spacial score (nSPS) is 24.1. The number of ether oxygens (including phenoxy) is 1. The third kappa shape index (κ3) is 6.85. The fraction of sp³-hybridized carbons (Fsp3) is 0.867. The molecule has 2 nitrogen and oxygen atoms in total. The van der Waals surface area contributed by atoms with E-state index < -0.39 is 0 Å². The van der Waals surface area contributed by atoms with Crippen LogP contribution in [0.15, 0.2) is 12.2 Å². The molecule has 2 unspecified atom stereocenters. The minimum atomic E-state index is 0.754. The van der Waals surface area contributed by atoms with Crippen molar-refractivity contribution in [2.45, 2.75) is 45.4 Å². The molecular formula is C15H29NO. The summed E-state index contributed by atoms with van der Waals surface area (Å²) in [5, 5.41) is 3.18. The molecule has 2 heteroatoms. The predicted octanol–water partition coefficient (Wildman–Crippen LogP) is 3.39. The average molecular weight is 239 g/mol. The van der Waals surface area contributed by atoms with Crippen molar-refractivity contribution in [1.29, 1.82) is 0 Å². The molecule has 0 saturated carbocycles. The summed E-state index contributed by atoms with van der Waals surface area (Å²) < 4.78 is 5.80.